The number of hydrogen-bond acceptors (Lipinski definition) is 1. The van der Waals surface area contributed by atoms with Crippen molar-refractivity contribution in [2.24, 2.45) is 0 Å². The van der Waals surface area contributed by atoms with Gasteiger partial charge in [0.2, 0.25) is 0 Å². The molecule has 3 rings (SSSR count). The van der Waals surface area contributed by atoms with Crippen molar-refractivity contribution in [2.75, 3.05) is 20.1 Å². The lowest BCUT2D eigenvalue weighted by atomic mass is 9.78. The van der Waals surface area contributed by atoms with Crippen molar-refractivity contribution in [3.63, 3.8) is 0 Å². The number of aromatic hydroxyl groups is 1. The highest BCUT2D eigenvalue weighted by Gasteiger charge is 2.42. The number of likely N-dealkylation sites (tertiary alicyclic amines) is 1. The minimum Gasteiger partial charge on any atom is -0.508 e. The molecule has 0 unspecified atom stereocenters. The zero-order valence-electron chi connectivity index (χ0n) is 12.0. The van der Waals surface area contributed by atoms with Crippen molar-refractivity contribution in [1.82, 2.24) is 0 Å². The minimum absolute atomic E-state index is 0.422. The van der Waals surface area contributed by atoms with Gasteiger partial charge in [-0.15, -0.1) is 0 Å². The molecule has 2 fully saturated rings. The van der Waals surface area contributed by atoms with Gasteiger partial charge < -0.3 is 9.59 Å². The Balaban J connectivity index is 1.88. The van der Waals surface area contributed by atoms with Gasteiger partial charge in [0, 0.05) is 25.2 Å². The normalized spacial score (nSPS) is 30.4. The van der Waals surface area contributed by atoms with Gasteiger partial charge in [0.25, 0.3) is 0 Å². The molecular weight excluding hydrogens is 234 g/mol. The van der Waals surface area contributed by atoms with E-state index in [4.69, 9.17) is 0 Å². The predicted molar refractivity (Wildman–Crippen MR) is 78.3 cm³/mol. The van der Waals surface area contributed by atoms with Gasteiger partial charge in [-0.1, -0.05) is 18.6 Å². The molecule has 0 bridgehead atoms. The second-order valence-corrected chi connectivity index (χ2v) is 6.69. The van der Waals surface area contributed by atoms with Crippen LogP contribution < -0.4 is 0 Å². The van der Waals surface area contributed by atoms with E-state index in [-0.39, 0.29) is 0 Å². The highest BCUT2D eigenvalue weighted by molar-refractivity contribution is 5.30. The molecule has 0 amide bonds. The van der Waals surface area contributed by atoms with Gasteiger partial charge in [-0.3, -0.25) is 0 Å². The summed E-state index contributed by atoms with van der Waals surface area (Å²) >= 11 is 0. The first-order valence-electron chi connectivity index (χ1n) is 7.82. The van der Waals surface area contributed by atoms with Gasteiger partial charge in [-0.2, -0.15) is 0 Å². The number of hydrogen-bond donors (Lipinski definition) is 1. The molecule has 0 radical (unpaired) electrons. The van der Waals surface area contributed by atoms with E-state index >= 15 is 0 Å². The van der Waals surface area contributed by atoms with Gasteiger partial charge >= 0.3 is 0 Å². The van der Waals surface area contributed by atoms with Crippen molar-refractivity contribution >= 4 is 0 Å². The highest BCUT2D eigenvalue weighted by Crippen LogP contribution is 2.41. The zero-order chi connectivity index (χ0) is 13.3. The van der Waals surface area contributed by atoms with E-state index < -0.39 is 0 Å². The highest BCUT2D eigenvalue weighted by atomic mass is 16.3. The molecule has 2 heteroatoms. The molecule has 1 heterocycles. The average molecular weight is 260 g/mol. The molecule has 0 aromatic heterocycles. The summed E-state index contributed by atoms with van der Waals surface area (Å²) in [4.78, 5) is 0. The molecule has 1 saturated heterocycles. The first-order valence-corrected chi connectivity index (χ1v) is 7.82. The largest absolute Gasteiger partial charge is 0.508 e. The summed E-state index contributed by atoms with van der Waals surface area (Å²) in [5, 5.41) is 9.75. The lowest BCUT2D eigenvalue weighted by Gasteiger charge is -2.44. The van der Waals surface area contributed by atoms with Crippen LogP contribution in [0.4, 0.5) is 0 Å². The van der Waals surface area contributed by atoms with E-state index in [9.17, 15) is 5.11 Å². The molecule has 19 heavy (non-hydrogen) atoms. The number of likely N-dealkylation sites (N-methyl/N-ethyl adjacent to an activating group) is 1. The van der Waals surface area contributed by atoms with Gasteiger partial charge in [0.15, 0.2) is 0 Å². The monoisotopic (exact) mass is 260 g/mol. The SMILES string of the molecule is C[N+]1([C@@H]2CCCC[C@@H]2c2cccc(O)c2)CCCC1. The maximum atomic E-state index is 9.75. The van der Waals surface area contributed by atoms with Crippen LogP contribution in [-0.4, -0.2) is 35.8 Å². The van der Waals surface area contributed by atoms with Crippen LogP contribution in [0.1, 0.15) is 50.0 Å². The van der Waals surface area contributed by atoms with E-state index in [0.29, 0.717) is 11.7 Å². The smallest absolute Gasteiger partial charge is 0.115 e. The molecule has 2 atom stereocenters. The van der Waals surface area contributed by atoms with Gasteiger partial charge in [-0.05, 0) is 30.5 Å². The number of quaternary nitrogens is 1. The number of phenolic OH excluding ortho intramolecular Hbond substituents is 1. The van der Waals surface area contributed by atoms with E-state index in [1.165, 1.54) is 61.7 Å². The Morgan fingerprint density at radius 1 is 1.05 bits per heavy atom. The van der Waals surface area contributed by atoms with Crippen molar-refractivity contribution in [1.29, 1.82) is 0 Å². The third kappa shape index (κ3) is 2.51. The average Bonchev–Trinajstić information content (AvgIpc) is 2.87. The third-order valence-electron chi connectivity index (χ3n) is 5.42. The quantitative estimate of drug-likeness (QED) is 0.805. The maximum absolute atomic E-state index is 9.75. The second-order valence-electron chi connectivity index (χ2n) is 6.69. The fraction of sp³-hybridized carbons (Fsp3) is 0.647. The summed E-state index contributed by atoms with van der Waals surface area (Å²) < 4.78 is 1.26. The summed E-state index contributed by atoms with van der Waals surface area (Å²) in [7, 11) is 2.46. The van der Waals surface area contributed by atoms with Crippen LogP contribution in [0, 0.1) is 0 Å². The Labute approximate surface area is 116 Å². The van der Waals surface area contributed by atoms with Crippen LogP contribution in [0.2, 0.25) is 0 Å². The molecule has 104 valence electrons. The van der Waals surface area contributed by atoms with Gasteiger partial charge in [0.1, 0.15) is 5.75 Å². The van der Waals surface area contributed by atoms with Crippen LogP contribution in [-0.2, 0) is 0 Å². The summed E-state index contributed by atoms with van der Waals surface area (Å²) in [6.07, 6.45) is 8.16. The molecule has 1 aliphatic carbocycles. The van der Waals surface area contributed by atoms with E-state index in [1.54, 1.807) is 6.07 Å². The molecule has 1 aromatic rings. The molecule has 2 aliphatic rings. The Bertz CT molecular complexity index is 437. The number of phenols is 1. The summed E-state index contributed by atoms with van der Waals surface area (Å²) in [6.45, 7) is 2.69. The van der Waals surface area contributed by atoms with Gasteiger partial charge in [-0.25, -0.2) is 0 Å². The first-order chi connectivity index (χ1) is 9.19. The summed E-state index contributed by atoms with van der Waals surface area (Å²) in [6, 6.07) is 8.75. The first kappa shape index (κ1) is 13.0. The van der Waals surface area contributed by atoms with Crippen LogP contribution in [0.15, 0.2) is 24.3 Å². The third-order valence-corrected chi connectivity index (χ3v) is 5.42. The van der Waals surface area contributed by atoms with E-state index in [0.717, 1.165) is 6.04 Å². The molecule has 2 nitrogen and oxygen atoms in total. The van der Waals surface area contributed by atoms with Gasteiger partial charge in [0.05, 0.1) is 26.2 Å². The topological polar surface area (TPSA) is 20.2 Å². The summed E-state index contributed by atoms with van der Waals surface area (Å²) in [5.74, 6) is 1.06. The molecule has 1 saturated carbocycles. The number of benzene rings is 1. The molecule has 1 aromatic carbocycles. The Kier molecular flexibility index (Phi) is 3.53. The van der Waals surface area contributed by atoms with Crippen molar-refractivity contribution < 1.29 is 9.59 Å². The second kappa shape index (κ2) is 5.16. The van der Waals surface area contributed by atoms with Crippen LogP contribution in [0.25, 0.3) is 0 Å². The zero-order valence-corrected chi connectivity index (χ0v) is 12.0. The van der Waals surface area contributed by atoms with E-state index in [2.05, 4.69) is 13.1 Å². The Hall–Kier alpha value is -1.02. The number of nitrogens with zero attached hydrogens (tertiary/aromatic N) is 1. The van der Waals surface area contributed by atoms with Crippen molar-refractivity contribution in [3.05, 3.63) is 29.8 Å². The number of rotatable bonds is 2. The fourth-order valence-electron chi connectivity index (χ4n) is 4.39. The lowest BCUT2D eigenvalue weighted by Crippen LogP contribution is -2.53. The van der Waals surface area contributed by atoms with Crippen molar-refractivity contribution in [3.8, 4) is 5.75 Å². The minimum atomic E-state index is 0.422. The lowest BCUT2D eigenvalue weighted by molar-refractivity contribution is -0.925. The molecule has 1 N–H and O–H groups in total. The molecule has 0 spiro atoms. The van der Waals surface area contributed by atoms with E-state index in [1.807, 2.05) is 12.1 Å². The van der Waals surface area contributed by atoms with Crippen LogP contribution in [0.3, 0.4) is 0 Å². The van der Waals surface area contributed by atoms with Crippen LogP contribution in [0.5, 0.6) is 5.75 Å². The Morgan fingerprint density at radius 3 is 2.53 bits per heavy atom. The molecular formula is C17H26NO+. The van der Waals surface area contributed by atoms with Crippen molar-refractivity contribution in [2.45, 2.75) is 50.5 Å². The standard InChI is InChI=1S/C17H25NO/c1-18(11-4-5-12-18)17-10-3-2-9-16(17)14-7-6-8-15(19)13-14/h6-8,13,16-17H,2-5,9-12H2,1H3/p+1/t16-,17-/m1/s1. The Morgan fingerprint density at radius 2 is 1.79 bits per heavy atom. The fourth-order valence-corrected chi connectivity index (χ4v) is 4.39. The van der Waals surface area contributed by atoms with Crippen LogP contribution >= 0.6 is 0 Å². The summed E-state index contributed by atoms with van der Waals surface area (Å²) in [5.41, 5.74) is 1.36. The molecule has 1 aliphatic heterocycles. The predicted octanol–water partition coefficient (Wildman–Crippen LogP) is 3.66. The maximum Gasteiger partial charge on any atom is 0.115 e.